The summed E-state index contributed by atoms with van der Waals surface area (Å²) >= 11 is 0. The average Bonchev–Trinajstić information content (AvgIpc) is 2.17. The Labute approximate surface area is 101 Å². The number of benzene rings is 1. The first-order valence-corrected chi connectivity index (χ1v) is 5.06. The van der Waals surface area contributed by atoms with Gasteiger partial charge in [0, 0.05) is 17.5 Å². The summed E-state index contributed by atoms with van der Waals surface area (Å²) in [5.74, 6) is -1.40. The smallest absolute Gasteiger partial charge is 0.405 e. The highest BCUT2D eigenvalue weighted by Gasteiger charge is 2.32. The van der Waals surface area contributed by atoms with Gasteiger partial charge in [-0.15, -0.1) is 13.2 Å². The van der Waals surface area contributed by atoms with Gasteiger partial charge in [0.1, 0.15) is 5.75 Å². The van der Waals surface area contributed by atoms with Crippen LogP contribution in [0, 0.1) is 0 Å². The minimum Gasteiger partial charge on any atom is -0.405 e. The maximum atomic E-state index is 12.2. The first kappa shape index (κ1) is 14.3. The molecule has 0 aliphatic heterocycles. The number of aliphatic hydroxyl groups is 1. The Hall–Kier alpha value is -1.76. The van der Waals surface area contributed by atoms with E-state index in [1.165, 1.54) is 19.1 Å². The molecule has 4 nitrogen and oxygen atoms in total. The number of nitrogens with two attached hydrogens (primary N) is 1. The van der Waals surface area contributed by atoms with Crippen molar-refractivity contribution in [2.45, 2.75) is 25.8 Å². The normalized spacial score (nSPS) is 13.2. The number of carbonyl (C=O) groups is 1. The molecule has 0 heterocycles. The molecule has 1 unspecified atom stereocenters. The van der Waals surface area contributed by atoms with Crippen LogP contribution in [0.1, 0.15) is 22.8 Å². The molecule has 0 bridgehead atoms. The van der Waals surface area contributed by atoms with Gasteiger partial charge in [-0.3, -0.25) is 4.79 Å². The van der Waals surface area contributed by atoms with Crippen molar-refractivity contribution in [1.82, 2.24) is 0 Å². The molecule has 18 heavy (non-hydrogen) atoms. The monoisotopic (exact) mass is 263 g/mol. The maximum absolute atomic E-state index is 12.2. The van der Waals surface area contributed by atoms with E-state index in [-0.39, 0.29) is 17.5 Å². The fraction of sp³-hybridized carbons (Fsp3) is 0.364. The van der Waals surface area contributed by atoms with Crippen molar-refractivity contribution in [3.63, 3.8) is 0 Å². The molecule has 0 fully saturated rings. The third-order valence-corrected chi connectivity index (χ3v) is 2.12. The lowest BCUT2D eigenvalue weighted by Crippen LogP contribution is -2.22. The van der Waals surface area contributed by atoms with E-state index in [9.17, 15) is 23.1 Å². The van der Waals surface area contributed by atoms with Gasteiger partial charge < -0.3 is 15.6 Å². The summed E-state index contributed by atoms with van der Waals surface area (Å²) in [6.45, 7) is 1.38. The zero-order valence-corrected chi connectivity index (χ0v) is 9.49. The summed E-state index contributed by atoms with van der Waals surface area (Å²) in [6, 6.07) is 3.58. The van der Waals surface area contributed by atoms with Gasteiger partial charge in [0.15, 0.2) is 0 Å². The number of primary amides is 1. The molecular formula is C11H12F3NO3. The van der Waals surface area contributed by atoms with Crippen LogP contribution >= 0.6 is 0 Å². The lowest BCUT2D eigenvalue weighted by molar-refractivity contribution is -0.275. The van der Waals surface area contributed by atoms with Crippen molar-refractivity contribution in [1.29, 1.82) is 0 Å². The molecule has 0 saturated carbocycles. The molecule has 7 heteroatoms. The van der Waals surface area contributed by atoms with Crippen molar-refractivity contribution in [2.24, 2.45) is 5.73 Å². The maximum Gasteiger partial charge on any atom is 0.573 e. The number of aliphatic hydroxyl groups excluding tert-OH is 1. The van der Waals surface area contributed by atoms with Gasteiger partial charge in [-0.05, 0) is 19.1 Å². The van der Waals surface area contributed by atoms with Crippen molar-refractivity contribution in [3.8, 4) is 5.75 Å². The first-order chi connectivity index (χ1) is 8.20. The topological polar surface area (TPSA) is 72.6 Å². The van der Waals surface area contributed by atoms with Gasteiger partial charge in [0.05, 0.1) is 6.10 Å². The second-order valence-corrected chi connectivity index (χ2v) is 3.75. The number of halogens is 3. The fourth-order valence-electron chi connectivity index (χ4n) is 1.52. The average molecular weight is 263 g/mol. The van der Waals surface area contributed by atoms with E-state index in [1.54, 1.807) is 0 Å². The quantitative estimate of drug-likeness (QED) is 0.866. The van der Waals surface area contributed by atoms with Gasteiger partial charge in [0.2, 0.25) is 5.91 Å². The molecule has 0 aromatic heterocycles. The second kappa shape index (κ2) is 5.26. The predicted octanol–water partition coefficient (Wildman–Crippen LogP) is 1.61. The van der Waals surface area contributed by atoms with Crippen molar-refractivity contribution >= 4 is 5.91 Å². The Morgan fingerprint density at radius 1 is 1.50 bits per heavy atom. The minimum absolute atomic E-state index is 0.0580. The standard InChI is InChI=1S/C11H12F3NO3/c1-6(16)5-8-7(10(15)17)3-2-4-9(8)18-11(12,13)14/h2-4,6,16H,5H2,1H3,(H2,15,17). The molecule has 100 valence electrons. The molecule has 1 aromatic carbocycles. The van der Waals surface area contributed by atoms with E-state index in [4.69, 9.17) is 5.73 Å². The number of ether oxygens (including phenoxy) is 1. The van der Waals surface area contributed by atoms with Gasteiger partial charge in [-0.1, -0.05) is 6.07 Å². The van der Waals surface area contributed by atoms with E-state index in [1.807, 2.05) is 0 Å². The highest BCUT2D eigenvalue weighted by atomic mass is 19.4. The lowest BCUT2D eigenvalue weighted by atomic mass is 10.0. The molecule has 3 N–H and O–H groups in total. The predicted molar refractivity (Wildman–Crippen MR) is 57.0 cm³/mol. The van der Waals surface area contributed by atoms with Gasteiger partial charge in [-0.2, -0.15) is 0 Å². The molecule has 1 amide bonds. The van der Waals surface area contributed by atoms with Crippen LogP contribution in [0.4, 0.5) is 13.2 Å². The number of hydrogen-bond donors (Lipinski definition) is 2. The van der Waals surface area contributed by atoms with E-state index >= 15 is 0 Å². The first-order valence-electron chi connectivity index (χ1n) is 5.06. The Kier molecular flexibility index (Phi) is 4.18. The van der Waals surface area contributed by atoms with Gasteiger partial charge >= 0.3 is 6.36 Å². The lowest BCUT2D eigenvalue weighted by Gasteiger charge is -2.16. The summed E-state index contributed by atoms with van der Waals surface area (Å²) in [5.41, 5.74) is 4.91. The molecule has 0 saturated heterocycles. The highest BCUT2D eigenvalue weighted by Crippen LogP contribution is 2.29. The van der Waals surface area contributed by atoms with Crippen LogP contribution in [0.3, 0.4) is 0 Å². The van der Waals surface area contributed by atoms with Crippen LogP contribution in [0.5, 0.6) is 5.75 Å². The Morgan fingerprint density at radius 3 is 2.56 bits per heavy atom. The van der Waals surface area contributed by atoms with Crippen molar-refractivity contribution in [3.05, 3.63) is 29.3 Å². The van der Waals surface area contributed by atoms with E-state index < -0.39 is 24.1 Å². The Bertz CT molecular complexity index is 444. The van der Waals surface area contributed by atoms with E-state index in [2.05, 4.69) is 4.74 Å². The van der Waals surface area contributed by atoms with E-state index in [0.29, 0.717) is 0 Å². The van der Waals surface area contributed by atoms with Crippen LogP contribution < -0.4 is 10.5 Å². The number of carbonyl (C=O) groups excluding carboxylic acids is 1. The van der Waals surface area contributed by atoms with Crippen LogP contribution in [-0.4, -0.2) is 23.5 Å². The molecule has 1 rings (SSSR count). The zero-order valence-electron chi connectivity index (χ0n) is 9.49. The second-order valence-electron chi connectivity index (χ2n) is 3.75. The Balaban J connectivity index is 3.23. The number of hydrogen-bond acceptors (Lipinski definition) is 3. The van der Waals surface area contributed by atoms with Gasteiger partial charge in [-0.25, -0.2) is 0 Å². The van der Waals surface area contributed by atoms with Crippen LogP contribution in [0.15, 0.2) is 18.2 Å². The number of alkyl halides is 3. The molecule has 0 aliphatic rings. The minimum atomic E-state index is -4.87. The zero-order chi connectivity index (χ0) is 13.9. The molecular weight excluding hydrogens is 251 g/mol. The van der Waals surface area contributed by atoms with Crippen LogP contribution in [-0.2, 0) is 6.42 Å². The number of rotatable bonds is 4. The number of amides is 1. The van der Waals surface area contributed by atoms with Crippen LogP contribution in [0.2, 0.25) is 0 Å². The molecule has 0 aliphatic carbocycles. The SMILES string of the molecule is CC(O)Cc1c(OC(F)(F)F)cccc1C(N)=O. The fourth-order valence-corrected chi connectivity index (χ4v) is 1.52. The summed E-state index contributed by atoms with van der Waals surface area (Å²) in [4.78, 5) is 11.1. The largest absolute Gasteiger partial charge is 0.573 e. The molecule has 1 atom stereocenters. The van der Waals surface area contributed by atoms with Crippen LogP contribution in [0.25, 0.3) is 0 Å². The van der Waals surface area contributed by atoms with Crippen molar-refractivity contribution < 1.29 is 27.8 Å². The van der Waals surface area contributed by atoms with Crippen molar-refractivity contribution in [2.75, 3.05) is 0 Å². The summed E-state index contributed by atoms with van der Waals surface area (Å²) in [7, 11) is 0. The Morgan fingerprint density at radius 2 is 2.11 bits per heavy atom. The highest BCUT2D eigenvalue weighted by molar-refractivity contribution is 5.95. The third kappa shape index (κ3) is 3.92. The molecule has 0 radical (unpaired) electrons. The third-order valence-electron chi connectivity index (χ3n) is 2.12. The van der Waals surface area contributed by atoms with Gasteiger partial charge in [0.25, 0.3) is 0 Å². The molecule has 1 aromatic rings. The summed E-state index contributed by atoms with van der Waals surface area (Å²) in [5, 5.41) is 9.25. The summed E-state index contributed by atoms with van der Waals surface area (Å²) in [6.07, 6.45) is -5.96. The van der Waals surface area contributed by atoms with E-state index in [0.717, 1.165) is 6.07 Å². The molecule has 0 spiro atoms. The summed E-state index contributed by atoms with van der Waals surface area (Å²) < 4.78 is 40.4.